The first kappa shape index (κ1) is 20.4. The summed E-state index contributed by atoms with van der Waals surface area (Å²) >= 11 is 0. The molecule has 0 bridgehead atoms. The van der Waals surface area contributed by atoms with Gasteiger partial charge in [0, 0.05) is 13.1 Å². The van der Waals surface area contributed by atoms with Crippen LogP contribution in [0.2, 0.25) is 0 Å². The van der Waals surface area contributed by atoms with Crippen molar-refractivity contribution in [1.82, 2.24) is 9.62 Å². The van der Waals surface area contributed by atoms with Crippen molar-refractivity contribution < 1.29 is 22.7 Å². The molecule has 2 rings (SSSR count). The van der Waals surface area contributed by atoms with Crippen molar-refractivity contribution in [3.8, 4) is 18.4 Å². The maximum atomic E-state index is 12.6. The summed E-state index contributed by atoms with van der Waals surface area (Å²) in [5, 5.41) is 11.2. The van der Waals surface area contributed by atoms with Gasteiger partial charge in [0.15, 0.2) is 6.61 Å². The molecule has 1 aliphatic heterocycles. The minimum absolute atomic E-state index is 0.0575. The monoisotopic (exact) mass is 389 g/mol. The van der Waals surface area contributed by atoms with Crippen molar-refractivity contribution in [3.05, 3.63) is 29.8 Å². The standard InChI is InChI=1S/C18H19N3O5S/c1-2-9-20-17(22)13-26-18(23)15-7-10-21(11-8-15)27(24,25)16-5-3-14(12-19)4-6-16/h1,3-6,15H,7-11,13H2,(H,20,22). The number of rotatable bonds is 6. The Morgan fingerprint density at radius 1 is 1.26 bits per heavy atom. The number of hydrogen-bond donors (Lipinski definition) is 1. The first-order chi connectivity index (χ1) is 12.9. The van der Waals surface area contributed by atoms with Gasteiger partial charge in [-0.2, -0.15) is 9.57 Å². The minimum Gasteiger partial charge on any atom is -0.455 e. The van der Waals surface area contributed by atoms with Crippen LogP contribution in [0, 0.1) is 29.6 Å². The van der Waals surface area contributed by atoms with Gasteiger partial charge in [0.2, 0.25) is 10.0 Å². The highest BCUT2D eigenvalue weighted by atomic mass is 32.2. The number of hydrogen-bond acceptors (Lipinski definition) is 6. The van der Waals surface area contributed by atoms with Crippen molar-refractivity contribution in [2.24, 2.45) is 5.92 Å². The van der Waals surface area contributed by atoms with Crippen LogP contribution in [0.15, 0.2) is 29.2 Å². The molecule has 9 heteroatoms. The number of sulfonamides is 1. The van der Waals surface area contributed by atoms with Crippen molar-refractivity contribution in [3.63, 3.8) is 0 Å². The van der Waals surface area contributed by atoms with E-state index in [2.05, 4.69) is 11.2 Å². The van der Waals surface area contributed by atoms with Gasteiger partial charge >= 0.3 is 5.97 Å². The van der Waals surface area contributed by atoms with Gasteiger partial charge in [0.05, 0.1) is 29.0 Å². The predicted molar refractivity (Wildman–Crippen MR) is 95.4 cm³/mol. The summed E-state index contributed by atoms with van der Waals surface area (Å²) < 4.78 is 31.5. The summed E-state index contributed by atoms with van der Waals surface area (Å²) in [4.78, 5) is 23.5. The summed E-state index contributed by atoms with van der Waals surface area (Å²) in [5.41, 5.74) is 0.377. The van der Waals surface area contributed by atoms with Crippen molar-refractivity contribution in [2.75, 3.05) is 26.2 Å². The molecule has 1 amide bonds. The van der Waals surface area contributed by atoms with Crippen LogP contribution in [0.25, 0.3) is 0 Å². The third-order valence-electron chi connectivity index (χ3n) is 4.14. The number of nitrogens with one attached hydrogen (secondary N) is 1. The summed E-state index contributed by atoms with van der Waals surface area (Å²) in [6.07, 6.45) is 5.63. The van der Waals surface area contributed by atoms with E-state index in [1.54, 1.807) is 0 Å². The van der Waals surface area contributed by atoms with Crippen LogP contribution >= 0.6 is 0 Å². The molecule has 1 fully saturated rings. The SMILES string of the molecule is C#CCNC(=O)COC(=O)C1CCN(S(=O)(=O)c2ccc(C#N)cc2)CC1. The Balaban J connectivity index is 1.88. The Morgan fingerprint density at radius 2 is 1.89 bits per heavy atom. The largest absolute Gasteiger partial charge is 0.455 e. The number of carbonyl (C=O) groups is 2. The molecule has 8 nitrogen and oxygen atoms in total. The van der Waals surface area contributed by atoms with E-state index < -0.39 is 34.4 Å². The summed E-state index contributed by atoms with van der Waals surface area (Å²) in [6.45, 7) is -0.0109. The lowest BCUT2D eigenvalue weighted by molar-refractivity contribution is -0.153. The zero-order valence-corrected chi connectivity index (χ0v) is 15.4. The Kier molecular flexibility index (Phi) is 6.94. The summed E-state index contributed by atoms with van der Waals surface area (Å²) in [5.74, 6) is 0.767. The van der Waals surface area contributed by atoms with E-state index in [0.717, 1.165) is 0 Å². The molecule has 1 saturated heterocycles. The number of esters is 1. The second-order valence-electron chi connectivity index (χ2n) is 5.90. The Morgan fingerprint density at radius 3 is 2.44 bits per heavy atom. The summed E-state index contributed by atoms with van der Waals surface area (Å²) in [7, 11) is -3.68. The second kappa shape index (κ2) is 9.17. The quantitative estimate of drug-likeness (QED) is 0.551. The first-order valence-electron chi connectivity index (χ1n) is 8.25. The lowest BCUT2D eigenvalue weighted by atomic mass is 9.98. The van der Waals surface area contributed by atoms with E-state index in [-0.39, 0.29) is 24.5 Å². The number of nitrogens with zero attached hydrogens (tertiary/aromatic N) is 2. The molecule has 142 valence electrons. The lowest BCUT2D eigenvalue weighted by Crippen LogP contribution is -2.41. The molecule has 0 radical (unpaired) electrons. The normalized spacial score (nSPS) is 15.3. The van der Waals surface area contributed by atoms with Crippen LogP contribution in [0.1, 0.15) is 18.4 Å². The molecule has 0 unspecified atom stereocenters. The zero-order valence-electron chi connectivity index (χ0n) is 14.6. The molecule has 0 aromatic heterocycles. The second-order valence-corrected chi connectivity index (χ2v) is 7.84. The molecular formula is C18H19N3O5S. The highest BCUT2D eigenvalue weighted by molar-refractivity contribution is 7.89. The van der Waals surface area contributed by atoms with Crippen LogP contribution in [-0.4, -0.2) is 50.8 Å². The van der Waals surface area contributed by atoms with Gasteiger partial charge in [-0.25, -0.2) is 8.42 Å². The molecule has 1 aromatic rings. The lowest BCUT2D eigenvalue weighted by Gasteiger charge is -2.30. The van der Waals surface area contributed by atoms with Crippen molar-refractivity contribution >= 4 is 21.9 Å². The maximum absolute atomic E-state index is 12.6. The average molecular weight is 389 g/mol. The highest BCUT2D eigenvalue weighted by Crippen LogP contribution is 2.24. The molecule has 1 heterocycles. The molecular weight excluding hydrogens is 370 g/mol. The van der Waals surface area contributed by atoms with Crippen LogP contribution in [0.4, 0.5) is 0 Å². The van der Waals surface area contributed by atoms with Gasteiger partial charge in [-0.05, 0) is 37.1 Å². The van der Waals surface area contributed by atoms with Crippen LogP contribution in [0.3, 0.4) is 0 Å². The van der Waals surface area contributed by atoms with E-state index >= 15 is 0 Å². The van der Waals surface area contributed by atoms with Crippen LogP contribution in [-0.2, 0) is 24.3 Å². The number of piperidine rings is 1. The molecule has 0 atom stereocenters. The fourth-order valence-electron chi connectivity index (χ4n) is 2.64. The Bertz CT molecular complexity index is 873. The number of terminal acetylenes is 1. The summed E-state index contributed by atoms with van der Waals surface area (Å²) in [6, 6.07) is 7.61. The minimum atomic E-state index is -3.68. The molecule has 0 spiro atoms. The van der Waals surface area contributed by atoms with Gasteiger partial charge in [-0.15, -0.1) is 6.42 Å². The van der Waals surface area contributed by atoms with Gasteiger partial charge in [0.25, 0.3) is 5.91 Å². The first-order valence-corrected chi connectivity index (χ1v) is 9.69. The van der Waals surface area contributed by atoms with E-state index in [9.17, 15) is 18.0 Å². The van der Waals surface area contributed by atoms with E-state index in [4.69, 9.17) is 16.4 Å². The topological polar surface area (TPSA) is 117 Å². The molecule has 0 saturated carbocycles. The predicted octanol–water partition coefficient (Wildman–Crippen LogP) is 0.252. The van der Waals surface area contributed by atoms with E-state index in [1.165, 1.54) is 28.6 Å². The fourth-order valence-corrected chi connectivity index (χ4v) is 4.11. The molecule has 1 N–H and O–H groups in total. The van der Waals surface area contributed by atoms with Gasteiger partial charge in [0.1, 0.15) is 0 Å². The van der Waals surface area contributed by atoms with Crippen molar-refractivity contribution in [1.29, 1.82) is 5.26 Å². The smallest absolute Gasteiger partial charge is 0.309 e. The molecule has 27 heavy (non-hydrogen) atoms. The fraction of sp³-hybridized carbons (Fsp3) is 0.389. The highest BCUT2D eigenvalue weighted by Gasteiger charge is 2.32. The maximum Gasteiger partial charge on any atom is 0.309 e. The van der Waals surface area contributed by atoms with Crippen LogP contribution < -0.4 is 5.32 Å². The zero-order chi connectivity index (χ0) is 19.9. The van der Waals surface area contributed by atoms with Gasteiger partial charge in [-0.3, -0.25) is 9.59 Å². The molecule has 1 aliphatic rings. The number of ether oxygens (including phenoxy) is 1. The third-order valence-corrected chi connectivity index (χ3v) is 6.05. The Hall–Kier alpha value is -2.88. The van der Waals surface area contributed by atoms with Gasteiger partial charge < -0.3 is 10.1 Å². The number of amides is 1. The van der Waals surface area contributed by atoms with E-state index in [1.807, 2.05) is 6.07 Å². The number of benzene rings is 1. The average Bonchev–Trinajstić information content (AvgIpc) is 2.70. The number of carbonyl (C=O) groups excluding carboxylic acids is 2. The van der Waals surface area contributed by atoms with E-state index in [0.29, 0.717) is 18.4 Å². The Labute approximate surface area is 158 Å². The van der Waals surface area contributed by atoms with Crippen molar-refractivity contribution in [2.45, 2.75) is 17.7 Å². The third kappa shape index (κ3) is 5.30. The molecule has 0 aliphatic carbocycles. The van der Waals surface area contributed by atoms with Gasteiger partial charge in [-0.1, -0.05) is 5.92 Å². The van der Waals surface area contributed by atoms with Crippen LogP contribution in [0.5, 0.6) is 0 Å². The molecule has 1 aromatic carbocycles. The number of nitriles is 1.